The standard InChI is InChI=1S/C27H32F3N5O2.C18H19F3N2O3.C13H13F3N2O.C9H15N3.C7H12O5S/c28-27(29,30)23-5-1-4-21-24(32-37-25(21)23)19-6-10-33(11-7-19)16-20-13-22(20)26(36)35-9-2-3-18(15-35)14-34-12-8-31-17-34;19-18(20,21)14-3-1-2-12-15(22-26-16(12)14)10-4-6-23(7-5-10)9-11-8-13(11)17(24)25;14-13(15,16)10-3-1-2-9-11(18-19-12(9)10)8-4-6-17-7-5-8;1-2-9(6-10-3-1)7-12-5-4-11-8-12;1-11-7(8)6-3-5(6)4-12-13(2,9)10/h1,4-5,8,12,17-20,22H,2-3,6-7,9-11,13-16H2;1-3,10-11,13H,4-9H2,(H,24,25);1-3,8,17H,4-7H2;4-5,8-10H,1-3,6-7H2;5-6H,3-4H2,1-2H3/t18-,20-,22+;11-,13+;;9-;/m00.1./s1. The molecule has 0 radical (unpaired) electrons. The van der Waals surface area contributed by atoms with Gasteiger partial charge in [-0.25, -0.2) is 9.97 Å². The summed E-state index contributed by atoms with van der Waals surface area (Å²) in [5, 5.41) is 28.9. The minimum Gasteiger partial charge on any atom is -0.481 e. The fourth-order valence-electron chi connectivity index (χ4n) is 15.7. The lowest BCUT2D eigenvalue weighted by Crippen LogP contribution is -2.42. The number of hydrogen-bond acceptors (Lipinski definition) is 19. The average molecular weight is 1530 g/mol. The van der Waals surface area contributed by atoms with Gasteiger partial charge in [0.25, 0.3) is 10.1 Å². The van der Waals surface area contributed by atoms with E-state index in [4.69, 9.17) is 18.7 Å². The molecule has 2 unspecified atom stereocenters. The van der Waals surface area contributed by atoms with E-state index in [0.717, 1.165) is 180 Å². The highest BCUT2D eigenvalue weighted by Gasteiger charge is 2.48. The van der Waals surface area contributed by atoms with Crippen LogP contribution in [0.2, 0.25) is 0 Å². The lowest BCUT2D eigenvalue weighted by atomic mass is 9.91. The SMILES string of the molecule is COC(=O)C1CC1COS(C)(=O)=O.FC(F)(F)c1cccc2c(C3CCNCC3)noc12.O=C(O)[C@@H]1C[C@H]1CN1CCC(c2noc3c(C(F)(F)F)cccc23)CC1.O=C([C@@H]1C[C@H]1CN1CCC(c2noc3c(C(F)(F)F)cccc23)CC1)N1CCC[C@@H](Cn2ccnc2)C1.c1cn(C[C@@H]2CCCNC2)cn1. The number of carbonyl (C=O) groups is 3. The maximum atomic E-state index is 13.3. The van der Waals surface area contributed by atoms with Gasteiger partial charge in [0.1, 0.15) is 16.7 Å². The Hall–Kier alpha value is -7.98. The van der Waals surface area contributed by atoms with Crippen molar-refractivity contribution in [1.29, 1.82) is 0 Å². The molecule has 3 saturated carbocycles. The third-order valence-corrected chi connectivity index (χ3v) is 22.4. The molecule has 5 aromatic heterocycles. The fraction of sp³-hybridized carbons (Fsp3) is 0.595. The van der Waals surface area contributed by atoms with Gasteiger partial charge in [-0.3, -0.25) is 18.6 Å². The molecule has 16 rings (SSSR count). The molecule has 23 nitrogen and oxygen atoms in total. The first-order valence-corrected chi connectivity index (χ1v) is 38.6. The van der Waals surface area contributed by atoms with Crippen molar-refractivity contribution in [3.05, 3.63) is 126 Å². The first-order valence-electron chi connectivity index (χ1n) is 36.7. The van der Waals surface area contributed by atoms with Gasteiger partial charge < -0.3 is 57.9 Å². The number of benzene rings is 3. The molecule has 0 bridgehead atoms. The van der Waals surface area contributed by atoms with Crippen molar-refractivity contribution in [1.82, 2.24) is 59.9 Å². The predicted octanol–water partition coefficient (Wildman–Crippen LogP) is 12.5. The van der Waals surface area contributed by atoms with Crippen LogP contribution in [0.15, 0.2) is 106 Å². The summed E-state index contributed by atoms with van der Waals surface area (Å²) in [6.45, 7) is 12.8. The van der Waals surface area contributed by atoms with Gasteiger partial charge >= 0.3 is 30.5 Å². The lowest BCUT2D eigenvalue weighted by Gasteiger charge is -2.33. The van der Waals surface area contributed by atoms with Gasteiger partial charge in [-0.1, -0.05) is 33.7 Å². The number of fused-ring (bicyclic) bond motifs is 3. The monoisotopic (exact) mass is 1530 g/mol. The normalized spacial score (nSPS) is 24.1. The van der Waals surface area contributed by atoms with E-state index in [1.165, 1.54) is 44.7 Å². The fourth-order valence-corrected chi connectivity index (χ4v) is 16.2. The molecule has 3 N–H and O–H groups in total. The van der Waals surface area contributed by atoms with Crippen LogP contribution in [0.1, 0.15) is 135 Å². The summed E-state index contributed by atoms with van der Waals surface area (Å²) in [7, 11) is -2.07. The number of nitrogens with zero attached hydrogens (tertiary/aromatic N) is 10. The Morgan fingerprint density at radius 2 is 1.00 bits per heavy atom. The van der Waals surface area contributed by atoms with E-state index < -0.39 is 51.3 Å². The number of ether oxygens (including phenoxy) is 1. The predicted molar refractivity (Wildman–Crippen MR) is 373 cm³/mol. The molecule has 8 atom stereocenters. The highest BCUT2D eigenvalue weighted by atomic mass is 32.2. The Morgan fingerprint density at radius 3 is 1.42 bits per heavy atom. The van der Waals surface area contributed by atoms with Crippen molar-refractivity contribution in [3.63, 3.8) is 0 Å². The Balaban J connectivity index is 0.000000134. The highest BCUT2D eigenvalue weighted by molar-refractivity contribution is 7.86. The van der Waals surface area contributed by atoms with Crippen molar-refractivity contribution in [2.75, 3.05) is 98.5 Å². The summed E-state index contributed by atoms with van der Waals surface area (Å²) < 4.78 is 168. The Labute approximate surface area is 612 Å². The van der Waals surface area contributed by atoms with E-state index in [1.54, 1.807) is 24.4 Å². The number of para-hydroxylation sites is 3. The Morgan fingerprint density at radius 1 is 0.551 bits per heavy atom. The molecule has 1 amide bonds. The third-order valence-electron chi connectivity index (χ3n) is 21.8. The molecule has 582 valence electrons. The molecular formula is C74H91F9N12O11S. The lowest BCUT2D eigenvalue weighted by molar-refractivity contribution is -0.143. The average Bonchev–Trinajstić information content (AvgIpc) is 1.15. The van der Waals surface area contributed by atoms with E-state index in [2.05, 4.69) is 68.8 Å². The first-order chi connectivity index (χ1) is 51.2. The van der Waals surface area contributed by atoms with E-state index >= 15 is 0 Å². The van der Waals surface area contributed by atoms with Crippen LogP contribution < -0.4 is 10.6 Å². The second kappa shape index (κ2) is 34.3. The van der Waals surface area contributed by atoms with Crippen molar-refractivity contribution in [2.45, 2.75) is 133 Å². The van der Waals surface area contributed by atoms with Crippen LogP contribution in [0.3, 0.4) is 0 Å². The van der Waals surface area contributed by atoms with Gasteiger partial charge in [0.05, 0.1) is 61.5 Å². The van der Waals surface area contributed by atoms with E-state index in [0.29, 0.717) is 57.4 Å². The number of hydrogen-bond donors (Lipinski definition) is 3. The molecule has 8 aromatic rings. The van der Waals surface area contributed by atoms with Crippen LogP contribution in [0, 0.1) is 47.3 Å². The summed E-state index contributed by atoms with van der Waals surface area (Å²) >= 11 is 0. The van der Waals surface area contributed by atoms with Crippen molar-refractivity contribution in [2.24, 2.45) is 47.3 Å². The highest BCUT2D eigenvalue weighted by Crippen LogP contribution is 2.46. The van der Waals surface area contributed by atoms with Gasteiger partial charge in [-0.05, 0) is 202 Å². The number of nitrogens with one attached hydrogen (secondary N) is 2. The Kier molecular flexibility index (Phi) is 25.2. The van der Waals surface area contributed by atoms with Crippen LogP contribution >= 0.6 is 0 Å². The number of carboxylic acids is 1. The van der Waals surface area contributed by atoms with E-state index in [9.17, 15) is 62.3 Å². The summed E-state index contributed by atoms with van der Waals surface area (Å²) in [5.74, 6) is 1.26. The smallest absolute Gasteiger partial charge is 0.420 e. The maximum absolute atomic E-state index is 13.3. The number of likely N-dealkylation sites (tertiary alicyclic amines) is 3. The molecule has 5 aliphatic heterocycles. The second-order valence-electron chi connectivity index (χ2n) is 29.6. The summed E-state index contributed by atoms with van der Waals surface area (Å²) in [6, 6.07) is 12.2. The molecule has 3 aromatic carbocycles. The zero-order valence-electron chi connectivity index (χ0n) is 59.6. The number of halogens is 9. The van der Waals surface area contributed by atoms with Gasteiger partial charge in [-0.15, -0.1) is 0 Å². The number of aromatic nitrogens is 7. The number of esters is 1. The molecule has 3 aliphatic carbocycles. The number of amides is 1. The molecule has 33 heteroatoms. The number of piperidine rings is 5. The molecule has 8 aliphatic rings. The number of rotatable bonds is 17. The van der Waals surface area contributed by atoms with Crippen LogP contribution in [-0.4, -0.2) is 179 Å². The van der Waals surface area contributed by atoms with Crippen LogP contribution in [0.4, 0.5) is 39.5 Å². The van der Waals surface area contributed by atoms with Crippen LogP contribution in [0.25, 0.3) is 32.9 Å². The minimum absolute atomic E-state index is 0.00201. The topological polar surface area (TPSA) is 272 Å². The molecular weight excluding hydrogens is 1440 g/mol. The first kappa shape index (κ1) is 78.6. The maximum Gasteiger partial charge on any atom is 0.420 e. The minimum atomic E-state index is -4.47. The van der Waals surface area contributed by atoms with Gasteiger partial charge in [0, 0.05) is 104 Å². The molecule has 0 spiro atoms. The van der Waals surface area contributed by atoms with E-state index in [-0.39, 0.29) is 76.7 Å². The van der Waals surface area contributed by atoms with Gasteiger partial charge in [0.2, 0.25) is 5.91 Å². The second-order valence-corrected chi connectivity index (χ2v) is 31.2. The zero-order valence-corrected chi connectivity index (χ0v) is 60.4. The number of carbonyl (C=O) groups excluding carboxylic acids is 2. The number of imidazole rings is 2. The number of methoxy groups -OCH3 is 1. The van der Waals surface area contributed by atoms with Crippen LogP contribution in [0.5, 0.6) is 0 Å². The molecule has 8 fully saturated rings. The van der Waals surface area contributed by atoms with Gasteiger partial charge in [-0.2, -0.15) is 47.9 Å². The molecule has 107 heavy (non-hydrogen) atoms. The third kappa shape index (κ3) is 20.7. The summed E-state index contributed by atoms with van der Waals surface area (Å²) in [4.78, 5) is 49.9. The number of aliphatic carboxylic acids is 1. The number of alkyl halides is 9. The Bertz CT molecular complexity index is 4350. The van der Waals surface area contributed by atoms with Gasteiger partial charge in [0.15, 0.2) is 16.7 Å². The number of carboxylic acid groups (broad SMARTS) is 1. The molecule has 5 saturated heterocycles. The van der Waals surface area contributed by atoms with Crippen LogP contribution in [-0.2, 0) is 65.0 Å². The van der Waals surface area contributed by atoms with Crippen molar-refractivity contribution in [3.8, 4) is 0 Å². The van der Waals surface area contributed by atoms with E-state index in [1.807, 2.05) is 31.2 Å². The zero-order chi connectivity index (χ0) is 75.8. The van der Waals surface area contributed by atoms with Crippen molar-refractivity contribution >= 4 is 60.9 Å². The molecule has 10 heterocycles. The van der Waals surface area contributed by atoms with Crippen molar-refractivity contribution < 1.29 is 89.9 Å². The summed E-state index contributed by atoms with van der Waals surface area (Å²) in [6.07, 6.45) is 11.2. The largest absolute Gasteiger partial charge is 0.481 e. The summed E-state index contributed by atoms with van der Waals surface area (Å²) in [5.41, 5.74) is -0.941. The quantitative estimate of drug-likeness (QED) is 0.0434.